The lowest BCUT2D eigenvalue weighted by molar-refractivity contribution is -0.00905. The predicted molar refractivity (Wildman–Crippen MR) is 169 cm³/mol. The number of amides is 3. The first-order chi connectivity index (χ1) is 22.6. The molecule has 15 nitrogen and oxygen atoms in total. The van der Waals surface area contributed by atoms with Crippen molar-refractivity contribution in [2.45, 2.75) is 13.0 Å². The number of hydrogen-bond acceptors (Lipinski definition) is 13. The summed E-state index contributed by atoms with van der Waals surface area (Å²) in [4.78, 5) is 40.7. The van der Waals surface area contributed by atoms with Crippen LogP contribution in [0.1, 0.15) is 39.2 Å². The van der Waals surface area contributed by atoms with Gasteiger partial charge in [0.05, 0.1) is 102 Å². The van der Waals surface area contributed by atoms with Crippen LogP contribution < -0.4 is 14.8 Å². The maximum absolute atomic E-state index is 13.7. The summed E-state index contributed by atoms with van der Waals surface area (Å²) in [5.41, 5.74) is 0.310. The molecule has 0 fully saturated rings. The van der Waals surface area contributed by atoms with Crippen molar-refractivity contribution in [3.63, 3.8) is 0 Å². The zero-order valence-corrected chi connectivity index (χ0v) is 27.5. The molecule has 2 N–H and O–H groups in total. The molecule has 1 heterocycles. The highest BCUT2D eigenvalue weighted by Crippen LogP contribution is 2.38. The number of anilines is 1. The summed E-state index contributed by atoms with van der Waals surface area (Å²) in [5, 5.41) is 11.1. The van der Waals surface area contributed by atoms with Gasteiger partial charge in [-0.05, 0) is 36.8 Å². The summed E-state index contributed by atoms with van der Waals surface area (Å²) in [7, 11) is -2.23. The molecule has 2 aromatic carbocycles. The number of ether oxygens (including phenoxy) is 7. The van der Waals surface area contributed by atoms with Crippen molar-refractivity contribution in [2.75, 3.05) is 97.1 Å². The minimum Gasteiger partial charge on any atom is -0.493 e. The molecule has 0 radical (unpaired) electrons. The summed E-state index contributed by atoms with van der Waals surface area (Å²) < 4.78 is 62.2. The van der Waals surface area contributed by atoms with E-state index in [9.17, 15) is 22.8 Å². The van der Waals surface area contributed by atoms with Crippen molar-refractivity contribution < 1.29 is 61.1 Å². The molecular weight excluding hydrogens is 640 g/mol. The fraction of sp³-hybridized carbons (Fsp3) is 0.516. The number of hydrogen-bond donors (Lipinski definition) is 2. The molecule has 0 bridgehead atoms. The maximum Gasteiger partial charge on any atom is 0.411 e. The lowest BCUT2D eigenvalue weighted by Crippen LogP contribution is -2.37. The lowest BCUT2D eigenvalue weighted by Gasteiger charge is -2.27. The summed E-state index contributed by atoms with van der Waals surface area (Å²) in [5.74, 6) is -1.29. The average molecular weight is 683 g/mol. The second-order valence-electron chi connectivity index (χ2n) is 10.1. The number of nitrogens with one attached hydrogen (secondary N) is 1. The molecule has 1 atom stereocenters. The van der Waals surface area contributed by atoms with Crippen molar-refractivity contribution in [3.8, 4) is 11.5 Å². The third-order valence-corrected chi connectivity index (χ3v) is 7.56. The number of fused-ring (bicyclic) bond motifs is 1. The first-order valence-electron chi connectivity index (χ1n) is 15.0. The SMILES string of the molecule is CCOc1cc(C(CS(C)(=O)=O)N2C(=O)c3cccc(NC(=O)OCCOCCOCCOCCOCCO)c3C2=O)ccc1OC. The van der Waals surface area contributed by atoms with Crippen molar-refractivity contribution in [2.24, 2.45) is 0 Å². The van der Waals surface area contributed by atoms with Crippen LogP contribution in [0.4, 0.5) is 10.5 Å². The first-order valence-corrected chi connectivity index (χ1v) is 17.0. The summed E-state index contributed by atoms with van der Waals surface area (Å²) in [6.45, 7) is 4.43. The Morgan fingerprint density at radius 3 is 2.06 bits per heavy atom. The molecule has 1 aliphatic rings. The highest BCUT2D eigenvalue weighted by atomic mass is 32.2. The van der Waals surface area contributed by atoms with E-state index in [1.807, 2.05) is 0 Å². The monoisotopic (exact) mass is 682 g/mol. The Labute approximate surface area is 273 Å². The second-order valence-corrected chi connectivity index (χ2v) is 12.3. The van der Waals surface area contributed by atoms with Gasteiger partial charge >= 0.3 is 6.09 Å². The van der Waals surface area contributed by atoms with E-state index in [-0.39, 0.29) is 49.8 Å². The molecule has 47 heavy (non-hydrogen) atoms. The summed E-state index contributed by atoms with van der Waals surface area (Å²) in [6, 6.07) is 7.87. The van der Waals surface area contributed by atoms with Crippen LogP contribution in [0.2, 0.25) is 0 Å². The van der Waals surface area contributed by atoms with E-state index >= 15 is 0 Å². The van der Waals surface area contributed by atoms with Gasteiger partial charge in [-0.25, -0.2) is 13.2 Å². The Bertz CT molecular complexity index is 1450. The number of sulfone groups is 1. The van der Waals surface area contributed by atoms with Crippen LogP contribution in [0.5, 0.6) is 11.5 Å². The number of aliphatic hydroxyl groups is 1. The average Bonchev–Trinajstić information content (AvgIpc) is 3.29. The van der Waals surface area contributed by atoms with Crippen LogP contribution in [0.15, 0.2) is 36.4 Å². The van der Waals surface area contributed by atoms with Gasteiger partial charge in [-0.2, -0.15) is 0 Å². The third-order valence-electron chi connectivity index (χ3n) is 6.64. The third kappa shape index (κ3) is 11.4. The van der Waals surface area contributed by atoms with Gasteiger partial charge in [0, 0.05) is 6.26 Å². The number of benzene rings is 2. The molecule has 3 rings (SSSR count). The van der Waals surface area contributed by atoms with Gasteiger partial charge in [-0.15, -0.1) is 0 Å². The number of imide groups is 1. The van der Waals surface area contributed by atoms with E-state index < -0.39 is 39.5 Å². The van der Waals surface area contributed by atoms with Gasteiger partial charge in [-0.3, -0.25) is 19.8 Å². The molecule has 0 aliphatic carbocycles. The smallest absolute Gasteiger partial charge is 0.411 e. The molecule has 0 saturated heterocycles. The van der Waals surface area contributed by atoms with E-state index in [1.54, 1.807) is 25.1 Å². The first kappa shape index (κ1) is 37.7. The quantitative estimate of drug-likeness (QED) is 0.136. The van der Waals surface area contributed by atoms with Crippen LogP contribution >= 0.6 is 0 Å². The van der Waals surface area contributed by atoms with E-state index in [0.29, 0.717) is 56.7 Å². The zero-order chi connectivity index (χ0) is 34.2. The second kappa shape index (κ2) is 19.1. The molecule has 16 heteroatoms. The van der Waals surface area contributed by atoms with Gasteiger partial charge in [0.25, 0.3) is 11.8 Å². The van der Waals surface area contributed by atoms with Gasteiger partial charge in [-0.1, -0.05) is 12.1 Å². The molecule has 3 amide bonds. The normalized spacial score (nSPS) is 13.4. The molecule has 0 aromatic heterocycles. The predicted octanol–water partition coefficient (Wildman–Crippen LogP) is 2.08. The van der Waals surface area contributed by atoms with E-state index in [0.717, 1.165) is 11.2 Å². The van der Waals surface area contributed by atoms with Crippen molar-refractivity contribution in [1.29, 1.82) is 0 Å². The van der Waals surface area contributed by atoms with Crippen LogP contribution in [0, 0.1) is 0 Å². The van der Waals surface area contributed by atoms with Gasteiger partial charge in [0.15, 0.2) is 11.5 Å². The van der Waals surface area contributed by atoms with E-state index in [1.165, 1.54) is 25.3 Å². The van der Waals surface area contributed by atoms with Gasteiger partial charge in [0.1, 0.15) is 16.4 Å². The van der Waals surface area contributed by atoms with Gasteiger partial charge in [0.2, 0.25) is 0 Å². The molecule has 2 aromatic rings. The highest BCUT2D eigenvalue weighted by molar-refractivity contribution is 7.90. The van der Waals surface area contributed by atoms with E-state index in [2.05, 4.69) is 5.32 Å². The Morgan fingerprint density at radius 2 is 1.49 bits per heavy atom. The number of nitrogens with zero attached hydrogens (tertiary/aromatic N) is 1. The maximum atomic E-state index is 13.7. The molecule has 260 valence electrons. The van der Waals surface area contributed by atoms with Crippen LogP contribution in [0.3, 0.4) is 0 Å². The Balaban J connectivity index is 1.56. The fourth-order valence-corrected chi connectivity index (χ4v) is 5.55. The fourth-order valence-electron chi connectivity index (χ4n) is 4.63. The Morgan fingerprint density at radius 1 is 0.872 bits per heavy atom. The van der Waals surface area contributed by atoms with Crippen LogP contribution in [-0.2, 0) is 33.5 Å². The lowest BCUT2D eigenvalue weighted by atomic mass is 10.1. The van der Waals surface area contributed by atoms with E-state index in [4.69, 9.17) is 38.3 Å². The van der Waals surface area contributed by atoms with Crippen molar-refractivity contribution in [1.82, 2.24) is 4.90 Å². The number of rotatable bonds is 22. The van der Waals surface area contributed by atoms with Gasteiger partial charge < -0.3 is 38.3 Å². The van der Waals surface area contributed by atoms with Crippen molar-refractivity contribution >= 4 is 33.4 Å². The number of aliphatic hydroxyl groups excluding tert-OH is 1. The molecule has 0 saturated carbocycles. The summed E-state index contributed by atoms with van der Waals surface area (Å²) >= 11 is 0. The molecule has 1 unspecified atom stereocenters. The minimum atomic E-state index is -3.69. The molecular formula is C31H42N2O13S. The van der Waals surface area contributed by atoms with Crippen LogP contribution in [0.25, 0.3) is 0 Å². The summed E-state index contributed by atoms with van der Waals surface area (Å²) in [6.07, 6.45) is 0.141. The number of carbonyl (C=O) groups excluding carboxylic acids is 3. The van der Waals surface area contributed by atoms with Crippen molar-refractivity contribution in [3.05, 3.63) is 53.1 Å². The standard InChI is InChI=1S/C31H42N2O13S/c1-4-45-27-20-22(8-9-26(27)40-2)25(21-47(3,38)39)33-29(35)23-6-5-7-24(28(23)30(33)36)32-31(37)46-19-18-44-17-16-43-15-14-42-13-12-41-11-10-34/h5-9,20,25,34H,4,10-19,21H2,1-3H3,(H,32,37). The molecule has 1 aliphatic heterocycles. The highest BCUT2D eigenvalue weighted by Gasteiger charge is 2.43. The number of carbonyl (C=O) groups is 3. The topological polar surface area (TPSA) is 185 Å². The largest absolute Gasteiger partial charge is 0.493 e. The number of methoxy groups -OCH3 is 1. The minimum absolute atomic E-state index is 0.00797. The Hall–Kier alpha value is -3.80. The molecule has 0 spiro atoms. The van der Waals surface area contributed by atoms with Crippen LogP contribution in [-0.4, -0.2) is 128 Å². The zero-order valence-electron chi connectivity index (χ0n) is 26.7. The Kier molecular flexibility index (Phi) is 15.3.